The highest BCUT2D eigenvalue weighted by Gasteiger charge is 2.24. The third-order valence-corrected chi connectivity index (χ3v) is 5.74. The maximum absolute atomic E-state index is 12.6. The van der Waals surface area contributed by atoms with Gasteiger partial charge < -0.3 is 15.4 Å². The van der Waals surface area contributed by atoms with Crippen molar-refractivity contribution in [1.82, 2.24) is 10.6 Å². The van der Waals surface area contributed by atoms with Gasteiger partial charge in [0, 0.05) is 11.6 Å². The van der Waals surface area contributed by atoms with E-state index in [9.17, 15) is 14.4 Å². The van der Waals surface area contributed by atoms with Gasteiger partial charge in [-0.3, -0.25) is 14.4 Å². The summed E-state index contributed by atoms with van der Waals surface area (Å²) in [5.74, 6) is -0.652. The highest BCUT2D eigenvalue weighted by atomic mass is 16.5. The largest absolute Gasteiger partial charge is 0.456 e. The number of ether oxygens (including phenoxy) is 1. The second-order valence-electron chi connectivity index (χ2n) is 8.10. The summed E-state index contributed by atoms with van der Waals surface area (Å²) < 4.78 is 5.22. The third-order valence-electron chi connectivity index (χ3n) is 5.74. The molecule has 2 aromatic rings. The van der Waals surface area contributed by atoms with Gasteiger partial charge in [0.2, 0.25) is 0 Å². The monoisotopic (exact) mass is 422 g/mol. The molecule has 1 fully saturated rings. The van der Waals surface area contributed by atoms with Crippen LogP contribution in [0.3, 0.4) is 0 Å². The third kappa shape index (κ3) is 6.95. The van der Waals surface area contributed by atoms with E-state index in [1.807, 2.05) is 36.4 Å². The van der Waals surface area contributed by atoms with Crippen LogP contribution in [0, 0.1) is 5.92 Å². The van der Waals surface area contributed by atoms with Crippen LogP contribution < -0.4 is 10.6 Å². The molecule has 3 rings (SSSR count). The number of amides is 2. The first-order chi connectivity index (χ1) is 15.0. The van der Waals surface area contributed by atoms with E-state index in [-0.39, 0.29) is 30.9 Å². The van der Waals surface area contributed by atoms with Crippen LogP contribution in [0.15, 0.2) is 60.7 Å². The molecular weight excluding hydrogens is 392 g/mol. The van der Waals surface area contributed by atoms with Gasteiger partial charge in [-0.2, -0.15) is 0 Å². The average Bonchev–Trinajstić information content (AvgIpc) is 2.80. The highest BCUT2D eigenvalue weighted by molar-refractivity contribution is 5.94. The lowest BCUT2D eigenvalue weighted by Gasteiger charge is -2.29. The molecule has 0 aromatic heterocycles. The number of nitrogens with one attached hydrogen (secondary N) is 2. The lowest BCUT2D eigenvalue weighted by Crippen LogP contribution is -2.43. The van der Waals surface area contributed by atoms with Gasteiger partial charge in [0.1, 0.15) is 0 Å². The Morgan fingerprint density at radius 3 is 2.29 bits per heavy atom. The van der Waals surface area contributed by atoms with Gasteiger partial charge in [-0.1, -0.05) is 68.3 Å². The lowest BCUT2D eigenvalue weighted by molar-refractivity contribution is -0.149. The van der Waals surface area contributed by atoms with E-state index in [0.29, 0.717) is 11.5 Å². The minimum Gasteiger partial charge on any atom is -0.456 e. The zero-order valence-corrected chi connectivity index (χ0v) is 17.9. The van der Waals surface area contributed by atoms with Crippen molar-refractivity contribution in [3.63, 3.8) is 0 Å². The number of hydrogen-bond donors (Lipinski definition) is 2. The van der Waals surface area contributed by atoms with Gasteiger partial charge >= 0.3 is 5.97 Å². The maximum Gasteiger partial charge on any atom is 0.308 e. The molecule has 2 amide bonds. The Balaban J connectivity index is 1.55. The Labute approximate surface area is 183 Å². The Kier molecular flexibility index (Phi) is 8.21. The van der Waals surface area contributed by atoms with Crippen molar-refractivity contribution in [2.24, 2.45) is 5.92 Å². The van der Waals surface area contributed by atoms with Gasteiger partial charge in [0.05, 0.1) is 12.5 Å². The Hall–Kier alpha value is -3.15. The highest BCUT2D eigenvalue weighted by Crippen LogP contribution is 2.23. The molecule has 31 heavy (non-hydrogen) atoms. The Bertz CT molecular complexity index is 870. The van der Waals surface area contributed by atoms with Gasteiger partial charge in [0.15, 0.2) is 6.61 Å². The summed E-state index contributed by atoms with van der Waals surface area (Å²) >= 11 is 0. The van der Waals surface area contributed by atoms with Gasteiger partial charge in [-0.15, -0.1) is 0 Å². The van der Waals surface area contributed by atoms with Crippen molar-refractivity contribution >= 4 is 17.8 Å². The van der Waals surface area contributed by atoms with Crippen LogP contribution in [0.2, 0.25) is 0 Å². The molecular formula is C25H30N2O4. The zero-order chi connectivity index (χ0) is 22.1. The van der Waals surface area contributed by atoms with E-state index >= 15 is 0 Å². The second-order valence-corrected chi connectivity index (χ2v) is 8.10. The van der Waals surface area contributed by atoms with E-state index in [4.69, 9.17) is 4.74 Å². The summed E-state index contributed by atoms with van der Waals surface area (Å²) in [6.45, 7) is 1.83. The van der Waals surface area contributed by atoms with Crippen LogP contribution >= 0.6 is 0 Å². The summed E-state index contributed by atoms with van der Waals surface area (Å²) in [6.07, 6.45) is 4.30. The molecule has 3 atom stereocenters. The number of rotatable bonds is 8. The quantitative estimate of drug-likeness (QED) is 0.634. The van der Waals surface area contributed by atoms with Gasteiger partial charge in [-0.25, -0.2) is 0 Å². The molecule has 0 heterocycles. The summed E-state index contributed by atoms with van der Waals surface area (Å²) in [7, 11) is 0. The van der Waals surface area contributed by atoms with Crippen molar-refractivity contribution in [2.75, 3.05) is 6.61 Å². The molecule has 1 aliphatic carbocycles. The first-order valence-electron chi connectivity index (χ1n) is 10.9. The topological polar surface area (TPSA) is 84.5 Å². The molecule has 6 nitrogen and oxygen atoms in total. The number of esters is 1. The number of carbonyl (C=O) groups is 3. The zero-order valence-electron chi connectivity index (χ0n) is 17.9. The molecule has 2 N–H and O–H groups in total. The van der Waals surface area contributed by atoms with Crippen molar-refractivity contribution < 1.29 is 19.1 Å². The van der Waals surface area contributed by atoms with Crippen molar-refractivity contribution in [3.8, 4) is 0 Å². The predicted octanol–water partition coefficient (Wildman–Crippen LogP) is 3.79. The number of benzene rings is 2. The second kappa shape index (κ2) is 11.3. The van der Waals surface area contributed by atoms with Crippen molar-refractivity contribution in [1.29, 1.82) is 0 Å². The Morgan fingerprint density at radius 1 is 0.968 bits per heavy atom. The van der Waals surface area contributed by atoms with Crippen LogP contribution in [-0.4, -0.2) is 30.4 Å². The van der Waals surface area contributed by atoms with Crippen LogP contribution in [0.5, 0.6) is 0 Å². The summed E-state index contributed by atoms with van der Waals surface area (Å²) in [5.41, 5.74) is 1.31. The van der Waals surface area contributed by atoms with Crippen LogP contribution in [0.1, 0.15) is 61.0 Å². The SMILES string of the molecule is C[C@@H]1CCCC[C@@H]1NC(=O)COC(=O)C[C@H](NC(=O)c1ccccc1)c1ccccc1. The molecule has 1 aliphatic rings. The molecule has 2 aromatic carbocycles. The number of hydrogen-bond acceptors (Lipinski definition) is 4. The standard InChI is InChI=1S/C25H30N2O4/c1-18-10-8-9-15-21(18)26-23(28)17-31-24(29)16-22(19-11-4-2-5-12-19)27-25(30)20-13-6-3-7-14-20/h2-7,11-14,18,21-22H,8-10,15-17H2,1H3,(H,26,28)(H,27,30)/t18-,21+,22+/m1/s1. The first kappa shape index (κ1) is 22.5. The van der Waals surface area contributed by atoms with E-state index in [1.165, 1.54) is 6.42 Å². The first-order valence-corrected chi connectivity index (χ1v) is 10.9. The van der Waals surface area contributed by atoms with E-state index in [1.54, 1.807) is 24.3 Å². The fraction of sp³-hybridized carbons (Fsp3) is 0.400. The number of carbonyl (C=O) groups excluding carboxylic acids is 3. The van der Waals surface area contributed by atoms with Crippen molar-refractivity contribution in [3.05, 3.63) is 71.8 Å². The molecule has 0 aliphatic heterocycles. The van der Waals surface area contributed by atoms with Crippen LogP contribution in [-0.2, 0) is 14.3 Å². The predicted molar refractivity (Wildman–Crippen MR) is 118 cm³/mol. The molecule has 164 valence electrons. The van der Waals surface area contributed by atoms with E-state index in [0.717, 1.165) is 24.8 Å². The summed E-state index contributed by atoms with van der Waals surface area (Å²) in [4.78, 5) is 37.3. The minimum absolute atomic E-state index is 0.0598. The molecule has 1 saturated carbocycles. The average molecular weight is 423 g/mol. The fourth-order valence-electron chi connectivity index (χ4n) is 3.92. The van der Waals surface area contributed by atoms with E-state index < -0.39 is 12.0 Å². The van der Waals surface area contributed by atoms with Crippen LogP contribution in [0.4, 0.5) is 0 Å². The smallest absolute Gasteiger partial charge is 0.308 e. The minimum atomic E-state index is -0.553. The van der Waals surface area contributed by atoms with Crippen LogP contribution in [0.25, 0.3) is 0 Å². The molecule has 0 bridgehead atoms. The normalized spacial score (nSPS) is 19.1. The van der Waals surface area contributed by atoms with Gasteiger partial charge in [-0.05, 0) is 36.5 Å². The van der Waals surface area contributed by atoms with Gasteiger partial charge in [0.25, 0.3) is 11.8 Å². The van der Waals surface area contributed by atoms with Crippen molar-refractivity contribution in [2.45, 2.75) is 51.1 Å². The fourth-order valence-corrected chi connectivity index (χ4v) is 3.92. The Morgan fingerprint density at radius 2 is 1.61 bits per heavy atom. The molecule has 0 saturated heterocycles. The summed E-state index contributed by atoms with van der Waals surface area (Å²) in [5, 5.41) is 5.88. The summed E-state index contributed by atoms with van der Waals surface area (Å²) in [6, 6.07) is 17.7. The molecule has 6 heteroatoms. The maximum atomic E-state index is 12.6. The molecule has 0 spiro atoms. The lowest BCUT2D eigenvalue weighted by atomic mass is 9.86. The molecule has 0 unspecified atom stereocenters. The molecule has 0 radical (unpaired) electrons. The van der Waals surface area contributed by atoms with E-state index in [2.05, 4.69) is 17.6 Å².